The maximum Gasteiger partial charge on any atom is 0.333 e. The Labute approximate surface area is 108 Å². The quantitative estimate of drug-likeness (QED) is 0.583. The fourth-order valence-corrected chi connectivity index (χ4v) is 1.61. The van der Waals surface area contributed by atoms with Gasteiger partial charge in [0, 0.05) is 6.54 Å². The second-order valence-corrected chi connectivity index (χ2v) is 4.13. The third-order valence-corrected chi connectivity index (χ3v) is 2.46. The van der Waals surface area contributed by atoms with Crippen LogP contribution in [0.25, 0.3) is 0 Å². The van der Waals surface area contributed by atoms with Gasteiger partial charge in [0.1, 0.15) is 12.3 Å². The molecule has 0 aromatic carbocycles. The molecule has 0 radical (unpaired) electrons. The van der Waals surface area contributed by atoms with Crippen LogP contribution in [0.3, 0.4) is 0 Å². The van der Waals surface area contributed by atoms with Crippen molar-refractivity contribution in [2.75, 3.05) is 18.5 Å². The maximum atomic E-state index is 13.0. The van der Waals surface area contributed by atoms with Crippen molar-refractivity contribution in [3.05, 3.63) is 15.8 Å². The zero-order valence-electron chi connectivity index (χ0n) is 10.7. The van der Waals surface area contributed by atoms with E-state index in [0.717, 1.165) is 0 Å². The monoisotopic (exact) mass is 278 g/mol. The molecule has 0 unspecified atom stereocenters. The van der Waals surface area contributed by atoms with Gasteiger partial charge in [0.05, 0.1) is 11.5 Å². The van der Waals surface area contributed by atoms with Crippen molar-refractivity contribution in [2.24, 2.45) is 0 Å². The predicted octanol–water partition coefficient (Wildman–Crippen LogP) is 1.55. The minimum absolute atomic E-state index is 0.0579. The summed E-state index contributed by atoms with van der Waals surface area (Å²) >= 11 is 0. The maximum absolute atomic E-state index is 13.0. The molecule has 1 aromatic rings. The van der Waals surface area contributed by atoms with E-state index in [0.29, 0.717) is 13.0 Å². The first-order valence-corrected chi connectivity index (χ1v) is 5.76. The lowest BCUT2D eigenvalue weighted by Gasteiger charge is -2.15. The van der Waals surface area contributed by atoms with Crippen LogP contribution in [0.1, 0.15) is 19.0 Å². The second kappa shape index (κ2) is 5.91. The van der Waals surface area contributed by atoms with E-state index in [-0.39, 0.29) is 17.2 Å². The summed E-state index contributed by atoms with van der Waals surface area (Å²) < 4.78 is 27.3. The van der Waals surface area contributed by atoms with Crippen molar-refractivity contribution in [1.82, 2.24) is 9.78 Å². The predicted molar refractivity (Wildman–Crippen MR) is 64.4 cm³/mol. The van der Waals surface area contributed by atoms with Crippen molar-refractivity contribution >= 4 is 11.5 Å². The highest BCUT2D eigenvalue weighted by atomic mass is 19.3. The molecular weight excluding hydrogens is 262 g/mol. The number of nitrogens with one attached hydrogen (secondary N) is 1. The lowest BCUT2D eigenvalue weighted by atomic mass is 10.3. The summed E-state index contributed by atoms with van der Waals surface area (Å²) in [4.78, 5) is 10.3. The highest BCUT2D eigenvalue weighted by Gasteiger charge is 2.31. The van der Waals surface area contributed by atoms with Crippen molar-refractivity contribution in [3.8, 4) is 0 Å². The molecule has 0 bridgehead atoms. The summed E-state index contributed by atoms with van der Waals surface area (Å²) in [5.41, 5.74) is -0.157. The third kappa shape index (κ3) is 3.60. The standard InChI is InChI=1S/C10H16F2N4O3/c1-3-4-15-9(13-5-10(11,12)6-17)8(16(18)19)7(2)14-15/h13,17H,3-6H2,1-2H3. The first-order chi connectivity index (χ1) is 8.82. The summed E-state index contributed by atoms with van der Waals surface area (Å²) in [6.07, 6.45) is 0.656. The molecule has 1 heterocycles. The van der Waals surface area contributed by atoms with Crippen LogP contribution in [-0.2, 0) is 6.54 Å². The van der Waals surface area contributed by atoms with Gasteiger partial charge in [0.2, 0.25) is 5.82 Å². The van der Waals surface area contributed by atoms with Crippen molar-refractivity contribution in [3.63, 3.8) is 0 Å². The topological polar surface area (TPSA) is 93.2 Å². The van der Waals surface area contributed by atoms with Gasteiger partial charge in [0.15, 0.2) is 0 Å². The summed E-state index contributed by atoms with van der Waals surface area (Å²) in [5, 5.41) is 25.7. The molecule has 0 atom stereocenters. The van der Waals surface area contributed by atoms with Gasteiger partial charge in [-0.25, -0.2) is 13.5 Å². The molecule has 1 aromatic heterocycles. The van der Waals surface area contributed by atoms with Gasteiger partial charge in [-0.2, -0.15) is 5.10 Å². The minimum Gasteiger partial charge on any atom is -0.390 e. The van der Waals surface area contributed by atoms with Crippen LogP contribution in [-0.4, -0.2) is 38.9 Å². The van der Waals surface area contributed by atoms with E-state index in [9.17, 15) is 18.9 Å². The summed E-state index contributed by atoms with van der Waals surface area (Å²) in [6, 6.07) is 0. The number of anilines is 1. The van der Waals surface area contributed by atoms with Crippen molar-refractivity contribution < 1.29 is 18.8 Å². The normalized spacial score (nSPS) is 11.6. The Morgan fingerprint density at radius 2 is 2.21 bits per heavy atom. The molecule has 0 spiro atoms. The van der Waals surface area contributed by atoms with Gasteiger partial charge in [-0.3, -0.25) is 10.1 Å². The summed E-state index contributed by atoms with van der Waals surface area (Å²) in [5.74, 6) is -3.40. The Hall–Kier alpha value is -1.77. The van der Waals surface area contributed by atoms with E-state index in [2.05, 4.69) is 10.4 Å². The molecule has 0 fully saturated rings. The molecule has 0 amide bonds. The van der Waals surface area contributed by atoms with Gasteiger partial charge in [-0.15, -0.1) is 0 Å². The third-order valence-electron chi connectivity index (χ3n) is 2.46. The Balaban J connectivity index is 3.05. The number of nitro groups is 1. The SMILES string of the molecule is CCCn1nc(C)c([N+](=O)[O-])c1NCC(F)(F)CO. The molecule has 108 valence electrons. The molecule has 2 N–H and O–H groups in total. The number of aliphatic hydroxyl groups is 1. The van der Waals surface area contributed by atoms with E-state index < -0.39 is 24.0 Å². The molecule has 0 saturated heterocycles. The van der Waals surface area contributed by atoms with Crippen LogP contribution in [0, 0.1) is 17.0 Å². The number of aryl methyl sites for hydroxylation is 2. The number of rotatable bonds is 7. The van der Waals surface area contributed by atoms with Crippen molar-refractivity contribution in [1.29, 1.82) is 0 Å². The van der Waals surface area contributed by atoms with Crippen molar-refractivity contribution in [2.45, 2.75) is 32.7 Å². The van der Waals surface area contributed by atoms with Gasteiger partial charge >= 0.3 is 5.69 Å². The molecule has 0 aliphatic heterocycles. The molecule has 1 rings (SSSR count). The first-order valence-electron chi connectivity index (χ1n) is 5.76. The second-order valence-electron chi connectivity index (χ2n) is 4.13. The average Bonchev–Trinajstić information content (AvgIpc) is 2.63. The zero-order chi connectivity index (χ0) is 14.6. The van der Waals surface area contributed by atoms with Crippen LogP contribution in [0.5, 0.6) is 0 Å². The van der Waals surface area contributed by atoms with Crippen LogP contribution in [0.4, 0.5) is 20.3 Å². The van der Waals surface area contributed by atoms with Gasteiger partial charge in [-0.05, 0) is 13.3 Å². The molecule has 0 aliphatic carbocycles. The zero-order valence-corrected chi connectivity index (χ0v) is 10.7. The Morgan fingerprint density at radius 3 is 2.68 bits per heavy atom. The van der Waals surface area contributed by atoms with Crippen LogP contribution >= 0.6 is 0 Å². The lowest BCUT2D eigenvalue weighted by Crippen LogP contribution is -2.31. The largest absolute Gasteiger partial charge is 0.390 e. The van der Waals surface area contributed by atoms with E-state index in [4.69, 9.17) is 5.11 Å². The molecule has 0 aliphatic rings. The van der Waals surface area contributed by atoms with Crippen LogP contribution < -0.4 is 5.32 Å². The number of aromatic nitrogens is 2. The highest BCUT2D eigenvalue weighted by molar-refractivity contribution is 5.59. The van der Waals surface area contributed by atoms with E-state index in [1.165, 1.54) is 11.6 Å². The van der Waals surface area contributed by atoms with Gasteiger partial charge in [-0.1, -0.05) is 6.92 Å². The average molecular weight is 278 g/mol. The lowest BCUT2D eigenvalue weighted by molar-refractivity contribution is -0.384. The van der Waals surface area contributed by atoms with E-state index in [1.54, 1.807) is 0 Å². The Kier molecular flexibility index (Phi) is 4.76. The summed E-state index contributed by atoms with van der Waals surface area (Å²) in [6.45, 7) is 1.45. The van der Waals surface area contributed by atoms with E-state index >= 15 is 0 Å². The Bertz CT molecular complexity index is 462. The fraction of sp³-hybridized carbons (Fsp3) is 0.700. The smallest absolute Gasteiger partial charge is 0.333 e. The van der Waals surface area contributed by atoms with Gasteiger partial charge in [0.25, 0.3) is 5.92 Å². The number of hydrogen-bond donors (Lipinski definition) is 2. The number of aliphatic hydroxyl groups excluding tert-OH is 1. The molecule has 19 heavy (non-hydrogen) atoms. The molecule has 7 nitrogen and oxygen atoms in total. The van der Waals surface area contributed by atoms with Gasteiger partial charge < -0.3 is 10.4 Å². The first kappa shape index (κ1) is 15.3. The molecule has 9 heteroatoms. The Morgan fingerprint density at radius 1 is 1.58 bits per heavy atom. The molecule has 0 saturated carbocycles. The molecular formula is C10H16F2N4O3. The number of alkyl halides is 2. The fourth-order valence-electron chi connectivity index (χ4n) is 1.61. The number of nitrogens with zero attached hydrogens (tertiary/aromatic N) is 3. The summed E-state index contributed by atoms with van der Waals surface area (Å²) in [7, 11) is 0. The van der Waals surface area contributed by atoms with E-state index in [1.807, 2.05) is 6.92 Å². The highest BCUT2D eigenvalue weighted by Crippen LogP contribution is 2.29. The minimum atomic E-state index is -3.34. The van der Waals surface area contributed by atoms with Crippen LogP contribution in [0.2, 0.25) is 0 Å². The van der Waals surface area contributed by atoms with Crippen LogP contribution in [0.15, 0.2) is 0 Å². The number of hydrogen-bond acceptors (Lipinski definition) is 5. The number of halogens is 2.